The zero-order valence-corrected chi connectivity index (χ0v) is 13.0. The van der Waals surface area contributed by atoms with Crippen molar-refractivity contribution in [1.29, 1.82) is 0 Å². The molecule has 2 rings (SSSR count). The number of carbonyl (C=O) groups is 2. The van der Waals surface area contributed by atoms with E-state index in [0.717, 1.165) is 31.2 Å². The molecule has 0 radical (unpaired) electrons. The second-order valence-corrected chi connectivity index (χ2v) is 5.89. The first-order chi connectivity index (χ1) is 10.1. The van der Waals surface area contributed by atoms with Gasteiger partial charge in [-0.3, -0.25) is 9.69 Å². The van der Waals surface area contributed by atoms with Crippen LogP contribution in [0.4, 0.5) is 4.79 Å². The summed E-state index contributed by atoms with van der Waals surface area (Å²) < 4.78 is 0. The van der Waals surface area contributed by atoms with Gasteiger partial charge in [-0.2, -0.15) is 0 Å². The van der Waals surface area contributed by atoms with Crippen LogP contribution in [0.2, 0.25) is 5.02 Å². The summed E-state index contributed by atoms with van der Waals surface area (Å²) in [5, 5.41) is 3.57. The summed E-state index contributed by atoms with van der Waals surface area (Å²) in [6, 6.07) is 6.88. The Balaban J connectivity index is 1.92. The summed E-state index contributed by atoms with van der Waals surface area (Å²) >= 11 is 5.83. The molecule has 0 aromatic heterocycles. The Morgan fingerprint density at radius 3 is 2.57 bits per heavy atom. The maximum Gasteiger partial charge on any atom is 0.324 e. The number of nitrogens with one attached hydrogen (secondary N) is 1. The Morgan fingerprint density at radius 2 is 1.95 bits per heavy atom. The number of imide groups is 1. The van der Waals surface area contributed by atoms with Gasteiger partial charge in [-0.05, 0) is 24.1 Å². The molecule has 1 N–H and O–H groups in total. The van der Waals surface area contributed by atoms with E-state index in [0.29, 0.717) is 18.0 Å². The van der Waals surface area contributed by atoms with Crippen molar-refractivity contribution in [3.63, 3.8) is 0 Å². The highest BCUT2D eigenvalue weighted by atomic mass is 35.5. The molecule has 0 saturated carbocycles. The van der Waals surface area contributed by atoms with E-state index in [1.165, 1.54) is 4.90 Å². The van der Waals surface area contributed by atoms with E-state index in [-0.39, 0.29) is 18.0 Å². The number of amides is 3. The highest BCUT2D eigenvalue weighted by Crippen LogP contribution is 2.17. The van der Waals surface area contributed by atoms with Gasteiger partial charge in [-0.25, -0.2) is 4.79 Å². The summed E-state index contributed by atoms with van der Waals surface area (Å²) in [5.41, 5.74) is 0.896. The van der Waals surface area contributed by atoms with E-state index in [1.54, 1.807) is 12.1 Å². The summed E-state index contributed by atoms with van der Waals surface area (Å²) in [6.07, 6.45) is 4.58. The zero-order chi connectivity index (χ0) is 15.2. The molecular weight excluding hydrogens is 288 g/mol. The Hall–Kier alpha value is -1.55. The van der Waals surface area contributed by atoms with Crippen LogP contribution in [0.5, 0.6) is 0 Å². The fourth-order valence-corrected chi connectivity index (χ4v) is 2.61. The molecule has 1 aliphatic heterocycles. The number of unbranched alkanes of at least 4 members (excludes halogenated alkanes) is 2. The molecule has 21 heavy (non-hydrogen) atoms. The number of hydrogen-bond acceptors (Lipinski definition) is 2. The molecule has 1 atom stereocenters. The lowest BCUT2D eigenvalue weighted by atomic mass is 10.0. The summed E-state index contributed by atoms with van der Waals surface area (Å²) in [4.78, 5) is 25.5. The van der Waals surface area contributed by atoms with Gasteiger partial charge in [0.1, 0.15) is 0 Å². The van der Waals surface area contributed by atoms with Crippen molar-refractivity contribution in [2.75, 3.05) is 0 Å². The second kappa shape index (κ2) is 7.46. The van der Waals surface area contributed by atoms with Crippen LogP contribution >= 0.6 is 11.6 Å². The average Bonchev–Trinajstić information content (AvgIpc) is 2.45. The molecule has 1 fully saturated rings. The number of carbonyl (C=O) groups excluding carboxylic acids is 2. The smallest absolute Gasteiger partial charge is 0.324 e. The summed E-state index contributed by atoms with van der Waals surface area (Å²) in [5.74, 6) is -0.102. The maximum absolute atomic E-state index is 12.2. The number of halogens is 1. The topological polar surface area (TPSA) is 49.4 Å². The average molecular weight is 309 g/mol. The standard InChI is InChI=1S/C16H21ClN2O2/c1-2-3-4-5-14-10-15(20)19(16(21)18-14)11-12-6-8-13(17)9-7-12/h6-9,14H,2-5,10-11H2,1H3,(H,18,21)/t14-/m0/s1. The Morgan fingerprint density at radius 1 is 1.24 bits per heavy atom. The van der Waals surface area contributed by atoms with Crippen LogP contribution in [0.15, 0.2) is 24.3 Å². The third-order valence-corrected chi connectivity index (χ3v) is 3.96. The van der Waals surface area contributed by atoms with Crippen LogP contribution in [0.1, 0.15) is 44.6 Å². The predicted molar refractivity (Wildman–Crippen MR) is 83.1 cm³/mol. The molecule has 0 spiro atoms. The lowest BCUT2D eigenvalue weighted by Gasteiger charge is -2.31. The molecule has 114 valence electrons. The third kappa shape index (κ3) is 4.46. The van der Waals surface area contributed by atoms with Crippen molar-refractivity contribution in [2.24, 2.45) is 0 Å². The second-order valence-electron chi connectivity index (χ2n) is 5.45. The van der Waals surface area contributed by atoms with Gasteiger partial charge in [0.05, 0.1) is 6.54 Å². The van der Waals surface area contributed by atoms with E-state index in [9.17, 15) is 9.59 Å². The minimum atomic E-state index is -0.289. The maximum atomic E-state index is 12.2. The fraction of sp³-hybridized carbons (Fsp3) is 0.500. The largest absolute Gasteiger partial charge is 0.334 e. The van der Waals surface area contributed by atoms with Gasteiger partial charge in [-0.1, -0.05) is 49.9 Å². The first kappa shape index (κ1) is 15.8. The summed E-state index contributed by atoms with van der Waals surface area (Å²) in [7, 11) is 0. The van der Waals surface area contributed by atoms with Crippen LogP contribution in [-0.4, -0.2) is 22.9 Å². The molecule has 1 aromatic rings. The quantitative estimate of drug-likeness (QED) is 0.814. The number of hydrogen-bond donors (Lipinski definition) is 1. The fourth-order valence-electron chi connectivity index (χ4n) is 2.49. The number of benzene rings is 1. The minimum absolute atomic E-state index is 0.0157. The SMILES string of the molecule is CCCCC[C@H]1CC(=O)N(Cc2ccc(Cl)cc2)C(=O)N1. The third-order valence-electron chi connectivity index (χ3n) is 3.70. The van der Waals surface area contributed by atoms with E-state index in [1.807, 2.05) is 12.1 Å². The molecule has 1 saturated heterocycles. The van der Waals surface area contributed by atoms with Crippen LogP contribution < -0.4 is 5.32 Å². The first-order valence-electron chi connectivity index (χ1n) is 7.45. The van der Waals surface area contributed by atoms with Crippen molar-refractivity contribution in [2.45, 2.75) is 51.6 Å². The highest BCUT2D eigenvalue weighted by molar-refractivity contribution is 6.30. The molecule has 1 heterocycles. The Labute approximate surface area is 130 Å². The molecule has 1 aromatic carbocycles. The molecule has 4 nitrogen and oxygen atoms in total. The van der Waals surface area contributed by atoms with Crippen LogP contribution in [0, 0.1) is 0 Å². The van der Waals surface area contributed by atoms with Crippen molar-refractivity contribution in [3.05, 3.63) is 34.9 Å². The molecule has 0 aliphatic carbocycles. The molecular formula is C16H21ClN2O2. The van der Waals surface area contributed by atoms with Crippen molar-refractivity contribution in [1.82, 2.24) is 10.2 Å². The number of urea groups is 1. The van der Waals surface area contributed by atoms with E-state index in [2.05, 4.69) is 12.2 Å². The molecule has 5 heteroatoms. The molecule has 3 amide bonds. The van der Waals surface area contributed by atoms with Gasteiger partial charge in [0.2, 0.25) is 5.91 Å². The summed E-state index contributed by atoms with van der Waals surface area (Å²) in [6.45, 7) is 2.43. The number of nitrogens with zero attached hydrogens (tertiary/aromatic N) is 1. The highest BCUT2D eigenvalue weighted by Gasteiger charge is 2.31. The van der Waals surface area contributed by atoms with Crippen LogP contribution in [0.3, 0.4) is 0 Å². The normalized spacial score (nSPS) is 18.8. The van der Waals surface area contributed by atoms with Crippen molar-refractivity contribution >= 4 is 23.5 Å². The Kier molecular flexibility index (Phi) is 5.62. The van der Waals surface area contributed by atoms with Crippen molar-refractivity contribution in [3.8, 4) is 0 Å². The molecule has 0 unspecified atom stereocenters. The van der Waals surface area contributed by atoms with E-state index >= 15 is 0 Å². The van der Waals surface area contributed by atoms with Gasteiger partial charge < -0.3 is 5.32 Å². The van der Waals surface area contributed by atoms with Gasteiger partial charge in [0.15, 0.2) is 0 Å². The van der Waals surface area contributed by atoms with Crippen molar-refractivity contribution < 1.29 is 9.59 Å². The minimum Gasteiger partial charge on any atom is -0.334 e. The van der Waals surface area contributed by atoms with Gasteiger partial charge in [-0.15, -0.1) is 0 Å². The van der Waals surface area contributed by atoms with E-state index in [4.69, 9.17) is 11.6 Å². The first-order valence-corrected chi connectivity index (χ1v) is 7.83. The van der Waals surface area contributed by atoms with Crippen LogP contribution in [0.25, 0.3) is 0 Å². The van der Waals surface area contributed by atoms with Crippen LogP contribution in [-0.2, 0) is 11.3 Å². The van der Waals surface area contributed by atoms with Gasteiger partial charge >= 0.3 is 6.03 Å². The van der Waals surface area contributed by atoms with Gasteiger partial charge in [0.25, 0.3) is 0 Å². The Bertz CT molecular complexity index is 484. The monoisotopic (exact) mass is 308 g/mol. The molecule has 1 aliphatic rings. The lowest BCUT2D eigenvalue weighted by molar-refractivity contribution is -0.130. The predicted octanol–water partition coefficient (Wildman–Crippen LogP) is 3.73. The van der Waals surface area contributed by atoms with E-state index < -0.39 is 0 Å². The lowest BCUT2D eigenvalue weighted by Crippen LogP contribution is -2.54. The number of rotatable bonds is 6. The zero-order valence-electron chi connectivity index (χ0n) is 12.3. The molecule has 0 bridgehead atoms. The van der Waals surface area contributed by atoms with Gasteiger partial charge in [0, 0.05) is 17.5 Å².